The van der Waals surface area contributed by atoms with Gasteiger partial charge in [-0.05, 0) is 45.0 Å². The second-order valence-electron chi connectivity index (χ2n) is 6.52. The van der Waals surface area contributed by atoms with Crippen molar-refractivity contribution >= 4 is 11.6 Å². The zero-order valence-corrected chi connectivity index (χ0v) is 16.1. The molecule has 0 aliphatic carbocycles. The lowest BCUT2D eigenvalue weighted by molar-refractivity contribution is 0.0574. The zero-order chi connectivity index (χ0) is 18.4. The number of hydrogen-bond donors (Lipinski definition) is 0. The van der Waals surface area contributed by atoms with Crippen LogP contribution in [0.25, 0.3) is 0 Å². The Morgan fingerprint density at radius 1 is 0.880 bits per heavy atom. The first-order valence-corrected chi connectivity index (χ1v) is 9.25. The van der Waals surface area contributed by atoms with E-state index in [0.717, 1.165) is 18.7 Å². The lowest BCUT2D eigenvalue weighted by atomic mass is 10.0. The van der Waals surface area contributed by atoms with Crippen LogP contribution in [0.4, 0.5) is 5.69 Å². The first-order valence-electron chi connectivity index (χ1n) is 9.25. The number of nitrogens with zero attached hydrogens (tertiary/aromatic N) is 2. The number of rotatable bonds is 2. The summed E-state index contributed by atoms with van der Waals surface area (Å²) in [6.45, 7) is 12.1. The smallest absolute Gasteiger partial charge is 0.254 e. The summed E-state index contributed by atoms with van der Waals surface area (Å²) in [6, 6.07) is 18.6. The third-order valence-corrected chi connectivity index (χ3v) is 4.57. The van der Waals surface area contributed by atoms with Gasteiger partial charge in [0.15, 0.2) is 0 Å². The topological polar surface area (TPSA) is 23.6 Å². The van der Waals surface area contributed by atoms with E-state index >= 15 is 0 Å². The Labute approximate surface area is 152 Å². The Bertz CT molecular complexity index is 654. The van der Waals surface area contributed by atoms with Crippen LogP contribution in [-0.4, -0.2) is 36.0 Å². The molecule has 0 radical (unpaired) electrons. The molecule has 1 saturated heterocycles. The van der Waals surface area contributed by atoms with Crippen LogP contribution in [-0.2, 0) is 0 Å². The predicted octanol–water partition coefficient (Wildman–Crippen LogP) is 4.76. The molecule has 134 valence electrons. The van der Waals surface area contributed by atoms with Crippen LogP contribution in [0.15, 0.2) is 54.6 Å². The highest BCUT2D eigenvalue weighted by atomic mass is 16.2. The van der Waals surface area contributed by atoms with Crippen molar-refractivity contribution in [1.82, 2.24) is 4.90 Å². The first-order chi connectivity index (χ1) is 12.1. The van der Waals surface area contributed by atoms with Gasteiger partial charge in [0.05, 0.1) is 0 Å². The third-order valence-electron chi connectivity index (χ3n) is 4.57. The normalized spacial score (nSPS) is 19.9. The fraction of sp³-hybridized carbons (Fsp3) is 0.409. The Morgan fingerprint density at radius 3 is 1.92 bits per heavy atom. The molecule has 25 heavy (non-hydrogen) atoms. The van der Waals surface area contributed by atoms with E-state index in [1.165, 1.54) is 11.3 Å². The summed E-state index contributed by atoms with van der Waals surface area (Å²) in [4.78, 5) is 17.2. The molecule has 1 aliphatic rings. The minimum absolute atomic E-state index is 0.133. The minimum atomic E-state index is 0.133. The van der Waals surface area contributed by atoms with Gasteiger partial charge in [0.25, 0.3) is 5.91 Å². The molecule has 1 fully saturated rings. The molecule has 0 N–H and O–H groups in total. The van der Waals surface area contributed by atoms with Crippen molar-refractivity contribution in [3.05, 3.63) is 65.7 Å². The van der Waals surface area contributed by atoms with Gasteiger partial charge in [-0.25, -0.2) is 0 Å². The lowest BCUT2D eigenvalue weighted by Crippen LogP contribution is -2.58. The van der Waals surface area contributed by atoms with Crippen LogP contribution >= 0.6 is 0 Å². The van der Waals surface area contributed by atoms with Gasteiger partial charge in [0, 0.05) is 36.4 Å². The van der Waals surface area contributed by atoms with Gasteiger partial charge in [0.1, 0.15) is 0 Å². The summed E-state index contributed by atoms with van der Waals surface area (Å²) in [5, 5.41) is 0. The molecule has 3 heteroatoms. The first kappa shape index (κ1) is 19.0. The fourth-order valence-electron chi connectivity index (χ4n) is 3.42. The molecule has 0 bridgehead atoms. The van der Waals surface area contributed by atoms with Crippen LogP contribution < -0.4 is 4.90 Å². The Kier molecular flexibility index (Phi) is 6.63. The maximum Gasteiger partial charge on any atom is 0.254 e. The summed E-state index contributed by atoms with van der Waals surface area (Å²) in [6.07, 6.45) is 0. The highest BCUT2D eigenvalue weighted by Gasteiger charge is 2.33. The van der Waals surface area contributed by atoms with E-state index in [0.29, 0.717) is 0 Å². The van der Waals surface area contributed by atoms with Gasteiger partial charge in [-0.15, -0.1) is 0 Å². The van der Waals surface area contributed by atoms with E-state index in [1.807, 2.05) is 49.1 Å². The van der Waals surface area contributed by atoms with E-state index in [2.05, 4.69) is 49.9 Å². The van der Waals surface area contributed by atoms with Gasteiger partial charge in [-0.3, -0.25) is 4.79 Å². The summed E-state index contributed by atoms with van der Waals surface area (Å²) in [5.41, 5.74) is 3.28. The average Bonchev–Trinajstić information content (AvgIpc) is 2.64. The molecule has 0 spiro atoms. The van der Waals surface area contributed by atoms with E-state index in [4.69, 9.17) is 0 Å². The number of benzene rings is 2. The van der Waals surface area contributed by atoms with E-state index in [1.54, 1.807) is 0 Å². The van der Waals surface area contributed by atoms with Gasteiger partial charge in [-0.2, -0.15) is 0 Å². The molecule has 2 aromatic rings. The predicted molar refractivity (Wildman–Crippen MR) is 106 cm³/mol. The van der Waals surface area contributed by atoms with Crippen LogP contribution in [0, 0.1) is 6.92 Å². The van der Waals surface area contributed by atoms with Crippen molar-refractivity contribution in [2.24, 2.45) is 0 Å². The summed E-state index contributed by atoms with van der Waals surface area (Å²) in [5.74, 6) is 0.133. The molecule has 0 unspecified atom stereocenters. The van der Waals surface area contributed by atoms with Crippen LogP contribution in [0.5, 0.6) is 0 Å². The molecule has 1 amide bonds. The Morgan fingerprint density at radius 2 is 1.40 bits per heavy atom. The van der Waals surface area contributed by atoms with Crippen LogP contribution in [0.3, 0.4) is 0 Å². The highest BCUT2D eigenvalue weighted by Crippen LogP contribution is 2.24. The fourth-order valence-corrected chi connectivity index (χ4v) is 3.42. The number of aryl methyl sites for hydroxylation is 1. The van der Waals surface area contributed by atoms with Crippen molar-refractivity contribution in [1.29, 1.82) is 0 Å². The van der Waals surface area contributed by atoms with Crippen LogP contribution in [0.2, 0.25) is 0 Å². The average molecular weight is 338 g/mol. The standard InChI is InChI=1S/C20H24N2O.C2H6/c1-15-9-11-19(12-10-15)21-13-16(2)22(17(3)14-21)20(23)18-7-5-4-6-8-18;1-2/h4-12,16-17H,13-14H2,1-3H3;1-2H3/t16-,17+;. The SMILES string of the molecule is CC.Cc1ccc(N2C[C@@H](C)N(C(=O)c3ccccc3)[C@@H](C)C2)cc1. The molecule has 1 aliphatic heterocycles. The third kappa shape index (κ3) is 4.41. The second-order valence-corrected chi connectivity index (χ2v) is 6.52. The van der Waals surface area contributed by atoms with Crippen molar-refractivity contribution < 1.29 is 4.79 Å². The molecule has 2 aromatic carbocycles. The van der Waals surface area contributed by atoms with E-state index < -0.39 is 0 Å². The molecule has 1 heterocycles. The molecular weight excluding hydrogens is 308 g/mol. The van der Waals surface area contributed by atoms with Gasteiger partial charge >= 0.3 is 0 Å². The number of carbonyl (C=O) groups is 1. The summed E-state index contributed by atoms with van der Waals surface area (Å²) < 4.78 is 0. The maximum atomic E-state index is 12.8. The molecule has 2 atom stereocenters. The zero-order valence-electron chi connectivity index (χ0n) is 16.1. The van der Waals surface area contributed by atoms with E-state index in [-0.39, 0.29) is 18.0 Å². The monoisotopic (exact) mass is 338 g/mol. The molecule has 3 rings (SSSR count). The van der Waals surface area contributed by atoms with Crippen molar-refractivity contribution in [2.45, 2.75) is 46.7 Å². The summed E-state index contributed by atoms with van der Waals surface area (Å²) >= 11 is 0. The molecule has 0 saturated carbocycles. The van der Waals surface area contributed by atoms with Gasteiger partial charge in [-0.1, -0.05) is 49.7 Å². The quantitative estimate of drug-likeness (QED) is 0.788. The highest BCUT2D eigenvalue weighted by molar-refractivity contribution is 5.94. The Hall–Kier alpha value is -2.29. The number of piperazine rings is 1. The molecule has 3 nitrogen and oxygen atoms in total. The van der Waals surface area contributed by atoms with Crippen molar-refractivity contribution in [3.8, 4) is 0 Å². The maximum absolute atomic E-state index is 12.8. The summed E-state index contributed by atoms with van der Waals surface area (Å²) in [7, 11) is 0. The second kappa shape index (κ2) is 8.70. The van der Waals surface area contributed by atoms with E-state index in [9.17, 15) is 4.79 Å². The number of anilines is 1. The van der Waals surface area contributed by atoms with Gasteiger partial charge < -0.3 is 9.80 Å². The van der Waals surface area contributed by atoms with Crippen molar-refractivity contribution in [3.63, 3.8) is 0 Å². The number of amides is 1. The van der Waals surface area contributed by atoms with Crippen LogP contribution in [0.1, 0.15) is 43.6 Å². The van der Waals surface area contributed by atoms with Gasteiger partial charge in [0.2, 0.25) is 0 Å². The molecule has 0 aromatic heterocycles. The largest absolute Gasteiger partial charge is 0.367 e. The molecular formula is C22H30N2O. The minimum Gasteiger partial charge on any atom is -0.367 e. The van der Waals surface area contributed by atoms with Crippen molar-refractivity contribution in [2.75, 3.05) is 18.0 Å². The Balaban J connectivity index is 0.00000109. The number of hydrogen-bond acceptors (Lipinski definition) is 2. The lowest BCUT2D eigenvalue weighted by Gasteiger charge is -2.45. The number of carbonyl (C=O) groups excluding carboxylic acids is 1.